The highest BCUT2D eigenvalue weighted by molar-refractivity contribution is 6.02. The van der Waals surface area contributed by atoms with Gasteiger partial charge in [0.05, 0.1) is 10.5 Å². The first-order chi connectivity index (χ1) is 13.0. The molecular formula is C20H19N3O4. The lowest BCUT2D eigenvalue weighted by atomic mass is 10.1. The molecule has 7 heteroatoms. The Labute approximate surface area is 156 Å². The molecule has 0 spiro atoms. The number of para-hydroxylation sites is 1. The molecule has 0 radical (unpaired) electrons. The SMILES string of the molecule is O=C(/C=C/c1ccccc1[N+](=O)[O-])Nc1cccc(CN2CCCC2=O)c1. The quantitative estimate of drug-likeness (QED) is 0.482. The standard InChI is InChI=1S/C20H19N3O4/c24-19(11-10-16-6-1-2-8-18(16)23(26)27)21-17-7-3-5-15(13-17)14-22-12-4-9-20(22)25/h1-3,5-8,10-11,13H,4,9,12,14H2,(H,21,24)/b11-10+. The molecule has 27 heavy (non-hydrogen) atoms. The van der Waals surface area contributed by atoms with Crippen LogP contribution in [0.2, 0.25) is 0 Å². The topological polar surface area (TPSA) is 92.5 Å². The van der Waals surface area contributed by atoms with Crippen molar-refractivity contribution in [3.63, 3.8) is 0 Å². The number of carbonyl (C=O) groups is 2. The maximum atomic E-state index is 12.1. The van der Waals surface area contributed by atoms with E-state index in [1.54, 1.807) is 29.2 Å². The van der Waals surface area contributed by atoms with Gasteiger partial charge in [0.2, 0.25) is 11.8 Å². The molecule has 0 unspecified atom stereocenters. The number of carbonyl (C=O) groups excluding carboxylic acids is 2. The fraction of sp³-hybridized carbons (Fsp3) is 0.200. The van der Waals surface area contributed by atoms with Crippen LogP contribution in [0.15, 0.2) is 54.6 Å². The molecular weight excluding hydrogens is 346 g/mol. The molecule has 1 aliphatic rings. The maximum absolute atomic E-state index is 12.1. The second-order valence-electron chi connectivity index (χ2n) is 6.26. The van der Waals surface area contributed by atoms with E-state index in [4.69, 9.17) is 0 Å². The molecule has 1 saturated heterocycles. The van der Waals surface area contributed by atoms with E-state index >= 15 is 0 Å². The average molecular weight is 365 g/mol. The average Bonchev–Trinajstić information content (AvgIpc) is 3.05. The van der Waals surface area contributed by atoms with Crippen LogP contribution in [0.5, 0.6) is 0 Å². The lowest BCUT2D eigenvalue weighted by molar-refractivity contribution is -0.385. The zero-order valence-corrected chi connectivity index (χ0v) is 14.6. The Morgan fingerprint density at radius 1 is 1.22 bits per heavy atom. The molecule has 2 aromatic carbocycles. The third-order valence-electron chi connectivity index (χ3n) is 4.29. The van der Waals surface area contributed by atoms with Gasteiger partial charge in [-0.2, -0.15) is 0 Å². The minimum atomic E-state index is -0.485. The van der Waals surface area contributed by atoms with E-state index in [1.807, 2.05) is 18.2 Å². The van der Waals surface area contributed by atoms with Crippen molar-refractivity contribution in [2.75, 3.05) is 11.9 Å². The third-order valence-corrected chi connectivity index (χ3v) is 4.29. The van der Waals surface area contributed by atoms with Crippen molar-refractivity contribution >= 4 is 29.3 Å². The van der Waals surface area contributed by atoms with Crippen LogP contribution in [-0.2, 0) is 16.1 Å². The molecule has 1 N–H and O–H groups in total. The molecule has 2 aromatic rings. The Bertz CT molecular complexity index is 908. The largest absolute Gasteiger partial charge is 0.338 e. The number of nitro benzene ring substituents is 1. The second-order valence-corrected chi connectivity index (χ2v) is 6.26. The molecule has 0 saturated carbocycles. The summed E-state index contributed by atoms with van der Waals surface area (Å²) in [5.74, 6) is -0.237. The fourth-order valence-electron chi connectivity index (χ4n) is 2.98. The van der Waals surface area contributed by atoms with Crippen molar-refractivity contribution in [2.45, 2.75) is 19.4 Å². The molecule has 1 heterocycles. The van der Waals surface area contributed by atoms with E-state index in [-0.39, 0.29) is 17.5 Å². The molecule has 0 aliphatic carbocycles. The number of hydrogen-bond acceptors (Lipinski definition) is 4. The molecule has 0 bridgehead atoms. The minimum absolute atomic E-state index is 0.0566. The molecule has 3 rings (SSSR count). The predicted octanol–water partition coefficient (Wildman–Crippen LogP) is 3.37. The van der Waals surface area contributed by atoms with Gasteiger partial charge in [-0.15, -0.1) is 0 Å². The summed E-state index contributed by atoms with van der Waals surface area (Å²) in [6.07, 6.45) is 4.15. The number of nitrogens with zero attached hydrogens (tertiary/aromatic N) is 2. The minimum Gasteiger partial charge on any atom is -0.338 e. The van der Waals surface area contributed by atoms with Gasteiger partial charge < -0.3 is 10.2 Å². The summed E-state index contributed by atoms with van der Waals surface area (Å²) < 4.78 is 0. The highest BCUT2D eigenvalue weighted by Crippen LogP contribution is 2.20. The van der Waals surface area contributed by atoms with Crippen LogP contribution < -0.4 is 5.32 Å². The van der Waals surface area contributed by atoms with Crippen molar-refractivity contribution in [1.29, 1.82) is 0 Å². The summed E-state index contributed by atoms with van der Waals surface area (Å²) in [7, 11) is 0. The maximum Gasteiger partial charge on any atom is 0.276 e. The number of nitro groups is 1. The molecule has 2 amide bonds. The van der Waals surface area contributed by atoms with E-state index in [0.717, 1.165) is 18.5 Å². The number of likely N-dealkylation sites (tertiary alicyclic amines) is 1. The first-order valence-corrected chi connectivity index (χ1v) is 8.62. The number of hydrogen-bond donors (Lipinski definition) is 1. The zero-order chi connectivity index (χ0) is 19.2. The number of rotatable bonds is 6. The number of anilines is 1. The van der Waals surface area contributed by atoms with Gasteiger partial charge in [-0.1, -0.05) is 24.3 Å². The monoisotopic (exact) mass is 365 g/mol. The highest BCUT2D eigenvalue weighted by atomic mass is 16.6. The summed E-state index contributed by atoms with van der Waals surface area (Å²) >= 11 is 0. The van der Waals surface area contributed by atoms with Crippen molar-refractivity contribution in [3.05, 3.63) is 75.8 Å². The van der Waals surface area contributed by atoms with Gasteiger partial charge in [0.25, 0.3) is 5.69 Å². The Kier molecular flexibility index (Phi) is 5.61. The van der Waals surface area contributed by atoms with Crippen LogP contribution in [0.25, 0.3) is 6.08 Å². The molecule has 138 valence electrons. The Morgan fingerprint density at radius 3 is 2.78 bits per heavy atom. The summed E-state index contributed by atoms with van der Waals surface area (Å²) in [5, 5.41) is 13.7. The Balaban J connectivity index is 1.65. The van der Waals surface area contributed by atoms with Crippen LogP contribution in [0.1, 0.15) is 24.0 Å². The Morgan fingerprint density at radius 2 is 2.04 bits per heavy atom. The van der Waals surface area contributed by atoms with E-state index < -0.39 is 4.92 Å². The lowest BCUT2D eigenvalue weighted by Crippen LogP contribution is -2.23. The number of nitrogens with one attached hydrogen (secondary N) is 1. The van der Waals surface area contributed by atoms with Gasteiger partial charge in [-0.25, -0.2) is 0 Å². The first kappa shape index (κ1) is 18.3. The second kappa shape index (κ2) is 8.27. The van der Waals surface area contributed by atoms with Gasteiger partial charge in [0.15, 0.2) is 0 Å². The molecule has 0 aromatic heterocycles. The van der Waals surface area contributed by atoms with E-state index in [0.29, 0.717) is 24.2 Å². The highest BCUT2D eigenvalue weighted by Gasteiger charge is 2.20. The molecule has 1 fully saturated rings. The fourth-order valence-corrected chi connectivity index (χ4v) is 2.98. The number of amides is 2. The molecule has 7 nitrogen and oxygen atoms in total. The van der Waals surface area contributed by atoms with Crippen LogP contribution in [0.3, 0.4) is 0 Å². The predicted molar refractivity (Wildman–Crippen MR) is 102 cm³/mol. The smallest absolute Gasteiger partial charge is 0.276 e. The third kappa shape index (κ3) is 4.78. The van der Waals surface area contributed by atoms with Crippen LogP contribution in [0, 0.1) is 10.1 Å². The van der Waals surface area contributed by atoms with Gasteiger partial charge in [-0.3, -0.25) is 19.7 Å². The van der Waals surface area contributed by atoms with Crippen LogP contribution in [0.4, 0.5) is 11.4 Å². The summed E-state index contributed by atoms with van der Waals surface area (Å²) in [6.45, 7) is 1.28. The first-order valence-electron chi connectivity index (χ1n) is 8.62. The van der Waals surface area contributed by atoms with Gasteiger partial charge in [0.1, 0.15) is 0 Å². The Hall–Kier alpha value is -3.48. The summed E-state index contributed by atoms with van der Waals surface area (Å²) in [5.41, 5.74) is 1.85. The van der Waals surface area contributed by atoms with Crippen molar-refractivity contribution < 1.29 is 14.5 Å². The van der Waals surface area contributed by atoms with Gasteiger partial charge in [0, 0.05) is 37.3 Å². The lowest BCUT2D eigenvalue weighted by Gasteiger charge is -2.16. The summed E-state index contributed by atoms with van der Waals surface area (Å²) in [4.78, 5) is 36.2. The number of benzene rings is 2. The van der Waals surface area contributed by atoms with E-state index in [2.05, 4.69) is 5.32 Å². The van der Waals surface area contributed by atoms with Gasteiger partial charge in [-0.05, 0) is 36.3 Å². The van der Waals surface area contributed by atoms with Crippen LogP contribution >= 0.6 is 0 Å². The zero-order valence-electron chi connectivity index (χ0n) is 14.6. The normalized spacial score (nSPS) is 13.9. The molecule has 0 atom stereocenters. The summed E-state index contributed by atoms with van der Waals surface area (Å²) in [6, 6.07) is 13.5. The van der Waals surface area contributed by atoms with E-state index in [1.165, 1.54) is 18.2 Å². The van der Waals surface area contributed by atoms with Crippen molar-refractivity contribution in [2.24, 2.45) is 0 Å². The molecule has 1 aliphatic heterocycles. The van der Waals surface area contributed by atoms with Crippen molar-refractivity contribution in [3.8, 4) is 0 Å². The van der Waals surface area contributed by atoms with Crippen molar-refractivity contribution in [1.82, 2.24) is 4.90 Å². The van der Waals surface area contributed by atoms with E-state index in [9.17, 15) is 19.7 Å². The van der Waals surface area contributed by atoms with Crippen LogP contribution in [-0.4, -0.2) is 28.2 Å². The van der Waals surface area contributed by atoms with Gasteiger partial charge >= 0.3 is 0 Å².